The SMILES string of the molecule is Cc1nc2ccc(Cc3cccc(N)c3)cc2s1. The summed E-state index contributed by atoms with van der Waals surface area (Å²) in [5, 5.41) is 1.12. The molecule has 0 bridgehead atoms. The number of rotatable bonds is 2. The van der Waals surface area contributed by atoms with Crippen molar-refractivity contribution in [1.82, 2.24) is 4.98 Å². The molecule has 1 aromatic heterocycles. The molecule has 3 heteroatoms. The van der Waals surface area contributed by atoms with Gasteiger partial charge in [0.15, 0.2) is 0 Å². The van der Waals surface area contributed by atoms with Crippen LogP contribution in [0.4, 0.5) is 5.69 Å². The Kier molecular flexibility index (Phi) is 2.76. The van der Waals surface area contributed by atoms with Crippen molar-refractivity contribution in [1.29, 1.82) is 0 Å². The van der Waals surface area contributed by atoms with Gasteiger partial charge in [0.25, 0.3) is 0 Å². The minimum atomic E-state index is 0.821. The summed E-state index contributed by atoms with van der Waals surface area (Å²) in [6.45, 7) is 2.04. The lowest BCUT2D eigenvalue weighted by molar-refractivity contribution is 1.20. The highest BCUT2D eigenvalue weighted by atomic mass is 32.1. The van der Waals surface area contributed by atoms with Crippen LogP contribution >= 0.6 is 11.3 Å². The van der Waals surface area contributed by atoms with Gasteiger partial charge >= 0.3 is 0 Å². The van der Waals surface area contributed by atoms with Crippen molar-refractivity contribution in [2.45, 2.75) is 13.3 Å². The van der Waals surface area contributed by atoms with Crippen molar-refractivity contribution >= 4 is 27.2 Å². The van der Waals surface area contributed by atoms with Crippen LogP contribution < -0.4 is 5.73 Å². The number of aryl methyl sites for hydroxylation is 1. The minimum absolute atomic E-state index is 0.821. The molecule has 0 radical (unpaired) electrons. The Balaban J connectivity index is 1.94. The van der Waals surface area contributed by atoms with Crippen LogP contribution in [0.1, 0.15) is 16.1 Å². The molecule has 0 atom stereocenters. The zero-order chi connectivity index (χ0) is 12.5. The van der Waals surface area contributed by atoms with Crippen LogP contribution in [0, 0.1) is 6.92 Å². The quantitative estimate of drug-likeness (QED) is 0.707. The van der Waals surface area contributed by atoms with Crippen LogP contribution in [0.25, 0.3) is 10.2 Å². The average Bonchev–Trinajstić information content (AvgIpc) is 2.68. The summed E-state index contributed by atoms with van der Waals surface area (Å²) in [7, 11) is 0. The maximum atomic E-state index is 5.80. The smallest absolute Gasteiger partial charge is 0.0907 e. The summed E-state index contributed by atoms with van der Waals surface area (Å²) >= 11 is 1.74. The summed E-state index contributed by atoms with van der Waals surface area (Å²) in [6, 6.07) is 14.5. The second-order valence-electron chi connectivity index (χ2n) is 4.46. The van der Waals surface area contributed by atoms with Gasteiger partial charge in [-0.2, -0.15) is 0 Å². The van der Waals surface area contributed by atoms with Crippen molar-refractivity contribution in [3.63, 3.8) is 0 Å². The van der Waals surface area contributed by atoms with Crippen molar-refractivity contribution in [3.8, 4) is 0 Å². The van der Waals surface area contributed by atoms with Gasteiger partial charge in [-0.25, -0.2) is 4.98 Å². The van der Waals surface area contributed by atoms with Crippen LogP contribution in [0.3, 0.4) is 0 Å². The van der Waals surface area contributed by atoms with E-state index in [0.717, 1.165) is 22.6 Å². The van der Waals surface area contributed by atoms with Gasteiger partial charge in [0.1, 0.15) is 0 Å². The van der Waals surface area contributed by atoms with E-state index in [1.54, 1.807) is 11.3 Å². The van der Waals surface area contributed by atoms with Gasteiger partial charge < -0.3 is 5.73 Å². The number of thiazole rings is 1. The zero-order valence-corrected chi connectivity index (χ0v) is 11.0. The number of benzene rings is 2. The zero-order valence-electron chi connectivity index (χ0n) is 10.2. The largest absolute Gasteiger partial charge is 0.399 e. The van der Waals surface area contributed by atoms with Crippen molar-refractivity contribution in [2.75, 3.05) is 5.73 Å². The molecule has 2 nitrogen and oxygen atoms in total. The maximum absolute atomic E-state index is 5.80. The summed E-state index contributed by atoms with van der Waals surface area (Å²) in [4.78, 5) is 4.47. The molecule has 0 saturated heterocycles. The molecule has 0 aliphatic carbocycles. The molecule has 0 saturated carbocycles. The van der Waals surface area contributed by atoms with Gasteiger partial charge in [-0.1, -0.05) is 18.2 Å². The molecule has 0 aliphatic rings. The van der Waals surface area contributed by atoms with Crippen molar-refractivity contribution in [3.05, 3.63) is 58.6 Å². The summed E-state index contributed by atoms with van der Waals surface area (Å²) < 4.78 is 1.26. The van der Waals surface area contributed by atoms with Gasteiger partial charge in [-0.3, -0.25) is 0 Å². The Bertz CT molecular complexity index is 701. The van der Waals surface area contributed by atoms with E-state index < -0.39 is 0 Å². The number of anilines is 1. The first-order chi connectivity index (χ1) is 8.70. The molecule has 3 aromatic rings. The maximum Gasteiger partial charge on any atom is 0.0907 e. The Labute approximate surface area is 110 Å². The second-order valence-corrected chi connectivity index (χ2v) is 5.69. The highest BCUT2D eigenvalue weighted by Crippen LogP contribution is 2.24. The van der Waals surface area contributed by atoms with Crippen LogP contribution in [-0.2, 0) is 6.42 Å². The molecule has 18 heavy (non-hydrogen) atoms. The third-order valence-corrected chi connectivity index (χ3v) is 3.85. The monoisotopic (exact) mass is 254 g/mol. The number of aromatic nitrogens is 1. The van der Waals surface area contributed by atoms with Gasteiger partial charge in [0.2, 0.25) is 0 Å². The van der Waals surface area contributed by atoms with Gasteiger partial charge in [-0.15, -0.1) is 11.3 Å². The number of fused-ring (bicyclic) bond motifs is 1. The van der Waals surface area contributed by atoms with E-state index in [9.17, 15) is 0 Å². The molecule has 0 amide bonds. The molecule has 2 N–H and O–H groups in total. The Morgan fingerprint density at radius 3 is 2.78 bits per heavy atom. The van der Waals surface area contributed by atoms with Crippen LogP contribution in [-0.4, -0.2) is 4.98 Å². The first kappa shape index (κ1) is 11.2. The third-order valence-electron chi connectivity index (χ3n) is 2.92. The lowest BCUT2D eigenvalue weighted by atomic mass is 10.0. The number of nitrogens with zero attached hydrogens (tertiary/aromatic N) is 1. The van der Waals surface area contributed by atoms with Gasteiger partial charge in [0, 0.05) is 5.69 Å². The van der Waals surface area contributed by atoms with Crippen LogP contribution in [0.5, 0.6) is 0 Å². The molecule has 2 aromatic carbocycles. The van der Waals surface area contributed by atoms with Crippen LogP contribution in [0.2, 0.25) is 0 Å². The standard InChI is InChI=1S/C15H14N2S/c1-10-17-14-6-5-12(9-15(14)18-10)7-11-3-2-4-13(16)8-11/h2-6,8-9H,7,16H2,1H3. The Morgan fingerprint density at radius 2 is 1.94 bits per heavy atom. The fourth-order valence-corrected chi connectivity index (χ4v) is 3.02. The number of nitrogens with two attached hydrogens (primary N) is 1. The van der Waals surface area contributed by atoms with Crippen molar-refractivity contribution in [2.24, 2.45) is 0 Å². The van der Waals surface area contributed by atoms with E-state index in [4.69, 9.17) is 5.73 Å². The molecular formula is C15H14N2S. The second kappa shape index (κ2) is 4.42. The fourth-order valence-electron chi connectivity index (χ4n) is 2.13. The van der Waals surface area contributed by atoms with E-state index in [1.807, 2.05) is 25.1 Å². The van der Waals surface area contributed by atoms with E-state index in [0.29, 0.717) is 0 Å². The normalized spacial score (nSPS) is 10.9. The van der Waals surface area contributed by atoms with E-state index >= 15 is 0 Å². The number of nitrogen functional groups attached to an aromatic ring is 1. The minimum Gasteiger partial charge on any atom is -0.399 e. The molecule has 0 fully saturated rings. The third kappa shape index (κ3) is 2.22. The predicted octanol–water partition coefficient (Wildman–Crippen LogP) is 3.78. The molecule has 0 aliphatic heterocycles. The number of hydrogen-bond donors (Lipinski definition) is 1. The first-order valence-electron chi connectivity index (χ1n) is 5.91. The predicted molar refractivity (Wildman–Crippen MR) is 78.0 cm³/mol. The molecule has 90 valence electrons. The fraction of sp³-hybridized carbons (Fsp3) is 0.133. The molecule has 3 rings (SSSR count). The first-order valence-corrected chi connectivity index (χ1v) is 6.73. The van der Waals surface area contributed by atoms with Crippen molar-refractivity contribution < 1.29 is 0 Å². The number of hydrogen-bond acceptors (Lipinski definition) is 3. The van der Waals surface area contributed by atoms with E-state index in [2.05, 4.69) is 29.2 Å². The summed E-state index contributed by atoms with van der Waals surface area (Å²) in [5.74, 6) is 0. The molecule has 0 unspecified atom stereocenters. The topological polar surface area (TPSA) is 38.9 Å². The molecule has 0 spiro atoms. The lowest BCUT2D eigenvalue weighted by Crippen LogP contribution is -1.90. The highest BCUT2D eigenvalue weighted by Gasteiger charge is 2.02. The lowest BCUT2D eigenvalue weighted by Gasteiger charge is -2.03. The Hall–Kier alpha value is -1.87. The van der Waals surface area contributed by atoms with E-state index in [1.165, 1.54) is 15.8 Å². The summed E-state index contributed by atoms with van der Waals surface area (Å²) in [6.07, 6.45) is 0.915. The Morgan fingerprint density at radius 1 is 1.11 bits per heavy atom. The summed E-state index contributed by atoms with van der Waals surface area (Å²) in [5.41, 5.74) is 10.3. The van der Waals surface area contributed by atoms with Gasteiger partial charge in [0.05, 0.1) is 15.2 Å². The average molecular weight is 254 g/mol. The molecular weight excluding hydrogens is 240 g/mol. The van der Waals surface area contributed by atoms with Gasteiger partial charge in [-0.05, 0) is 48.7 Å². The van der Waals surface area contributed by atoms with E-state index in [-0.39, 0.29) is 0 Å². The molecule has 1 heterocycles. The van der Waals surface area contributed by atoms with Crippen LogP contribution in [0.15, 0.2) is 42.5 Å². The highest BCUT2D eigenvalue weighted by molar-refractivity contribution is 7.18.